The Hall–Kier alpha value is -3.24. The zero-order chi connectivity index (χ0) is 27.0. The molecule has 39 heavy (non-hydrogen) atoms. The zero-order valence-corrected chi connectivity index (χ0v) is 23.1. The molecule has 5 rings (SSSR count). The van der Waals surface area contributed by atoms with Crippen LogP contribution in [0.3, 0.4) is 0 Å². The number of rotatable bonds is 11. The first-order chi connectivity index (χ1) is 19.1. The van der Waals surface area contributed by atoms with E-state index in [0.29, 0.717) is 31.6 Å². The molecule has 1 amide bonds. The first-order valence-corrected chi connectivity index (χ1v) is 14.6. The maximum Gasteiger partial charge on any atom is 0.261 e. The number of aromatic nitrogens is 2. The third-order valence-electron chi connectivity index (χ3n) is 7.37. The number of amides is 1. The fraction of sp³-hybridized carbons (Fsp3) is 0.483. The Labute approximate surface area is 232 Å². The summed E-state index contributed by atoms with van der Waals surface area (Å²) in [6.45, 7) is 1.68. The number of nitrogens with zero attached hydrogens (tertiary/aromatic N) is 2. The largest absolute Gasteiger partial charge is 0.491 e. The predicted octanol–water partition coefficient (Wildman–Crippen LogP) is 5.73. The highest BCUT2D eigenvalue weighted by molar-refractivity contribution is 7.14. The van der Waals surface area contributed by atoms with Crippen LogP contribution in [0.25, 0.3) is 0 Å². The fourth-order valence-corrected chi connectivity index (χ4v) is 6.34. The van der Waals surface area contributed by atoms with E-state index < -0.39 is 5.82 Å². The molecular weight excluding hydrogens is 517 g/mol. The number of hydrogen-bond donors (Lipinski definition) is 3. The Kier molecular flexibility index (Phi) is 9.26. The molecule has 3 aromatic rings. The fourth-order valence-electron chi connectivity index (χ4n) is 5.17. The molecule has 0 spiro atoms. The van der Waals surface area contributed by atoms with Crippen molar-refractivity contribution in [1.82, 2.24) is 15.3 Å². The van der Waals surface area contributed by atoms with Gasteiger partial charge in [-0.05, 0) is 93.2 Å². The number of nitrogens with one attached hydrogen (secondary N) is 3. The second kappa shape index (κ2) is 13.2. The van der Waals surface area contributed by atoms with Crippen molar-refractivity contribution in [2.45, 2.75) is 57.4 Å². The molecule has 8 nitrogen and oxygen atoms in total. The van der Waals surface area contributed by atoms with Gasteiger partial charge in [-0.3, -0.25) is 4.79 Å². The first-order valence-electron chi connectivity index (χ1n) is 13.7. The van der Waals surface area contributed by atoms with Crippen molar-refractivity contribution in [3.8, 4) is 5.75 Å². The van der Waals surface area contributed by atoms with Crippen LogP contribution in [0.1, 0.15) is 58.6 Å². The molecule has 0 atom stereocenters. The van der Waals surface area contributed by atoms with Gasteiger partial charge in [0.15, 0.2) is 11.6 Å². The summed E-state index contributed by atoms with van der Waals surface area (Å²) in [5.74, 6) is 1.25. The Morgan fingerprint density at radius 2 is 1.90 bits per heavy atom. The summed E-state index contributed by atoms with van der Waals surface area (Å²) >= 11 is 1.65. The minimum Gasteiger partial charge on any atom is -0.491 e. The number of hydrogen-bond acceptors (Lipinski definition) is 8. The highest BCUT2D eigenvalue weighted by Crippen LogP contribution is 2.30. The van der Waals surface area contributed by atoms with Gasteiger partial charge in [0.1, 0.15) is 12.4 Å². The molecule has 0 aliphatic heterocycles. The predicted molar refractivity (Wildman–Crippen MR) is 152 cm³/mol. The van der Waals surface area contributed by atoms with Crippen LogP contribution in [0.4, 0.5) is 21.8 Å². The van der Waals surface area contributed by atoms with Crippen LogP contribution in [0.5, 0.6) is 5.75 Å². The van der Waals surface area contributed by atoms with E-state index in [9.17, 15) is 9.18 Å². The average Bonchev–Trinajstić information content (AvgIpc) is 3.40. The molecule has 2 heterocycles. The lowest BCUT2D eigenvalue weighted by atomic mass is 9.86. The van der Waals surface area contributed by atoms with Crippen molar-refractivity contribution in [1.29, 1.82) is 0 Å². The van der Waals surface area contributed by atoms with Crippen LogP contribution in [-0.4, -0.2) is 48.8 Å². The van der Waals surface area contributed by atoms with E-state index in [2.05, 4.69) is 32.0 Å². The Morgan fingerprint density at radius 3 is 2.67 bits per heavy atom. The maximum atomic E-state index is 14.5. The molecule has 0 bridgehead atoms. The van der Waals surface area contributed by atoms with Crippen molar-refractivity contribution in [3.05, 3.63) is 57.7 Å². The number of methoxy groups -OCH3 is 1. The molecule has 0 saturated heterocycles. The van der Waals surface area contributed by atoms with E-state index in [1.54, 1.807) is 18.4 Å². The van der Waals surface area contributed by atoms with Crippen LogP contribution in [0.2, 0.25) is 0 Å². The van der Waals surface area contributed by atoms with Gasteiger partial charge in [-0.2, -0.15) is 4.98 Å². The van der Waals surface area contributed by atoms with E-state index in [0.717, 1.165) is 54.8 Å². The number of ether oxygens (including phenoxy) is 2. The average molecular weight is 554 g/mol. The van der Waals surface area contributed by atoms with Gasteiger partial charge in [-0.15, -0.1) is 11.3 Å². The van der Waals surface area contributed by atoms with E-state index in [1.807, 2.05) is 24.3 Å². The number of aryl methyl sites for hydroxylation is 2. The number of anilines is 3. The molecule has 0 unspecified atom stereocenters. The zero-order valence-electron chi connectivity index (χ0n) is 22.3. The van der Waals surface area contributed by atoms with Crippen molar-refractivity contribution in [2.24, 2.45) is 5.92 Å². The quantitative estimate of drug-likeness (QED) is 0.261. The Bertz CT molecular complexity index is 1220. The smallest absolute Gasteiger partial charge is 0.261 e. The Balaban J connectivity index is 1.08. The van der Waals surface area contributed by atoms with Crippen molar-refractivity contribution < 1.29 is 18.7 Å². The lowest BCUT2D eigenvalue weighted by Crippen LogP contribution is -2.34. The van der Waals surface area contributed by atoms with Crippen LogP contribution >= 0.6 is 11.3 Å². The summed E-state index contributed by atoms with van der Waals surface area (Å²) in [5.41, 5.74) is 2.14. The monoisotopic (exact) mass is 553 g/mol. The van der Waals surface area contributed by atoms with Gasteiger partial charge in [0.2, 0.25) is 5.95 Å². The molecule has 2 aliphatic carbocycles. The van der Waals surface area contributed by atoms with Crippen LogP contribution in [-0.2, 0) is 17.6 Å². The molecule has 2 aromatic heterocycles. The first kappa shape index (κ1) is 27.3. The summed E-state index contributed by atoms with van der Waals surface area (Å²) in [5, 5.41) is 9.53. The minimum absolute atomic E-state index is 0.0472. The molecule has 2 aliphatic rings. The van der Waals surface area contributed by atoms with Gasteiger partial charge in [-0.25, -0.2) is 9.37 Å². The van der Waals surface area contributed by atoms with Gasteiger partial charge in [0.05, 0.1) is 17.7 Å². The molecule has 3 N–H and O–H groups in total. The topological polar surface area (TPSA) is 97.4 Å². The van der Waals surface area contributed by atoms with Gasteiger partial charge in [-0.1, -0.05) is 0 Å². The molecule has 1 aromatic carbocycles. The van der Waals surface area contributed by atoms with Crippen LogP contribution < -0.4 is 20.7 Å². The highest BCUT2D eigenvalue weighted by Gasteiger charge is 2.24. The summed E-state index contributed by atoms with van der Waals surface area (Å²) in [7, 11) is 1.63. The second-order valence-corrected chi connectivity index (χ2v) is 11.4. The lowest BCUT2D eigenvalue weighted by Gasteiger charge is -2.29. The molecule has 208 valence electrons. The summed E-state index contributed by atoms with van der Waals surface area (Å²) in [4.78, 5) is 23.4. The Morgan fingerprint density at radius 1 is 1.10 bits per heavy atom. The minimum atomic E-state index is -0.476. The number of carbonyl (C=O) groups excluding carboxylic acids is 1. The number of carbonyl (C=O) groups is 1. The standard InChI is InChI=1S/C29H36FN5O3S/c1-37-14-15-38-23-12-10-22(11-13-23)34-29-32-18-24(30)27(35-29)33-21-8-6-19(7-9-21)17-31-28(36)26-16-20-4-2-3-5-25(20)39-26/h10-13,16,18-19,21H,2-9,14-15,17H2,1H3,(H,31,36)(H2,32,33,34,35)/t19-,21+. The highest BCUT2D eigenvalue weighted by atomic mass is 32.1. The number of benzene rings is 1. The molecule has 0 radical (unpaired) electrons. The molecule has 1 saturated carbocycles. The summed E-state index contributed by atoms with van der Waals surface area (Å²) < 4.78 is 25.1. The number of halogens is 1. The molecule has 1 fully saturated rings. The number of thiophene rings is 1. The molecular formula is C29H36FN5O3S. The van der Waals surface area contributed by atoms with Gasteiger partial charge >= 0.3 is 0 Å². The van der Waals surface area contributed by atoms with E-state index in [4.69, 9.17) is 9.47 Å². The summed E-state index contributed by atoms with van der Waals surface area (Å²) in [6.07, 6.45) is 9.55. The normalized spacial score (nSPS) is 18.7. The van der Waals surface area contributed by atoms with Crippen LogP contribution in [0, 0.1) is 11.7 Å². The second-order valence-electron chi connectivity index (χ2n) is 10.2. The van der Waals surface area contributed by atoms with Crippen LogP contribution in [0.15, 0.2) is 36.5 Å². The van der Waals surface area contributed by atoms with E-state index in [1.165, 1.54) is 29.5 Å². The van der Waals surface area contributed by atoms with Crippen molar-refractivity contribution in [2.75, 3.05) is 37.5 Å². The van der Waals surface area contributed by atoms with Gasteiger partial charge in [0.25, 0.3) is 5.91 Å². The van der Waals surface area contributed by atoms with E-state index >= 15 is 0 Å². The summed E-state index contributed by atoms with van der Waals surface area (Å²) in [6, 6.07) is 9.61. The number of fused-ring (bicyclic) bond motifs is 1. The molecule has 10 heteroatoms. The van der Waals surface area contributed by atoms with E-state index in [-0.39, 0.29) is 17.8 Å². The van der Waals surface area contributed by atoms with Gasteiger partial charge < -0.3 is 25.4 Å². The van der Waals surface area contributed by atoms with Crippen molar-refractivity contribution in [3.63, 3.8) is 0 Å². The lowest BCUT2D eigenvalue weighted by molar-refractivity contribution is 0.0947. The SMILES string of the molecule is COCCOc1ccc(Nc2ncc(F)c(N[C@H]3CC[C@@H](CNC(=O)c4cc5c(s4)CCCC5)CC3)n2)cc1. The third kappa shape index (κ3) is 7.45. The van der Waals surface area contributed by atoms with Gasteiger partial charge in [0, 0.05) is 30.3 Å². The third-order valence-corrected chi connectivity index (χ3v) is 8.61. The van der Waals surface area contributed by atoms with Crippen molar-refractivity contribution >= 4 is 34.7 Å². The maximum absolute atomic E-state index is 14.5.